The van der Waals surface area contributed by atoms with Crippen molar-refractivity contribution < 1.29 is 27.9 Å². The Bertz CT molecular complexity index is 839. The summed E-state index contributed by atoms with van der Waals surface area (Å²) in [7, 11) is -1.43. The van der Waals surface area contributed by atoms with Crippen LogP contribution in [-0.2, 0) is 29.7 Å². The lowest BCUT2D eigenvalue weighted by Crippen LogP contribution is -2.56. The SMILES string of the molecule is COC(=O)[C@H](O[Si](C)(C)C(C)(C)C)[C@@H](O[Si](C)(C)C(C)(C)C)[C@H](C)C[C@H](C)OCc1ccc(OC)cc1. The molecule has 0 aliphatic carbocycles. The number of hydrogen-bond acceptors (Lipinski definition) is 6. The normalized spacial score (nSPS) is 16.6. The van der Waals surface area contributed by atoms with Crippen LogP contribution in [0.2, 0.25) is 36.3 Å². The first-order valence-electron chi connectivity index (χ1n) is 13.4. The fraction of sp³-hybridized carbons (Fsp3) is 0.759. The lowest BCUT2D eigenvalue weighted by Gasteiger charge is -2.46. The molecule has 0 heterocycles. The van der Waals surface area contributed by atoms with Crippen LogP contribution in [0.3, 0.4) is 0 Å². The summed E-state index contributed by atoms with van der Waals surface area (Å²) in [5.74, 6) is 0.465. The molecule has 0 saturated carbocycles. The molecule has 4 atom stereocenters. The molecular formula is C29H54O6Si2. The van der Waals surface area contributed by atoms with Crippen LogP contribution in [0.1, 0.15) is 67.4 Å². The molecule has 0 bridgehead atoms. The first kappa shape index (κ1) is 33.8. The van der Waals surface area contributed by atoms with Crippen molar-refractivity contribution in [3.8, 4) is 5.75 Å². The van der Waals surface area contributed by atoms with Crippen LogP contribution < -0.4 is 4.74 Å². The van der Waals surface area contributed by atoms with E-state index in [9.17, 15) is 4.79 Å². The standard InChI is InChI=1S/C29H54O6Si2/c1-21(19-22(2)33-20-23-15-17-24(31-9)18-16-23)25(34-36(11,12)28(3,4)5)26(27(30)32-10)35-37(13,14)29(6,7)8/h15-18,21-22,25-26H,19-20H2,1-14H3/t21-,22+,25+,26-/m1/s1. The predicted octanol–water partition coefficient (Wildman–Crippen LogP) is 7.58. The topological polar surface area (TPSA) is 63.2 Å². The molecule has 8 heteroatoms. The van der Waals surface area contributed by atoms with Crippen molar-refractivity contribution in [2.45, 2.75) is 123 Å². The van der Waals surface area contributed by atoms with Crippen molar-refractivity contribution in [1.82, 2.24) is 0 Å². The van der Waals surface area contributed by atoms with Crippen molar-refractivity contribution in [1.29, 1.82) is 0 Å². The molecule has 0 N–H and O–H groups in total. The summed E-state index contributed by atoms with van der Waals surface area (Å²) in [5.41, 5.74) is 1.09. The lowest BCUT2D eigenvalue weighted by atomic mass is 9.94. The zero-order valence-electron chi connectivity index (χ0n) is 26.0. The van der Waals surface area contributed by atoms with Crippen LogP contribution in [0.5, 0.6) is 5.75 Å². The van der Waals surface area contributed by atoms with Gasteiger partial charge in [-0.3, -0.25) is 0 Å². The van der Waals surface area contributed by atoms with Gasteiger partial charge in [0.1, 0.15) is 5.75 Å². The fourth-order valence-corrected chi connectivity index (χ4v) is 6.15. The molecule has 1 aromatic rings. The third kappa shape index (κ3) is 9.80. The van der Waals surface area contributed by atoms with Gasteiger partial charge in [-0.15, -0.1) is 0 Å². The number of hydrogen-bond donors (Lipinski definition) is 0. The molecular weight excluding hydrogens is 500 g/mol. The van der Waals surface area contributed by atoms with Gasteiger partial charge in [-0.1, -0.05) is 60.6 Å². The summed E-state index contributed by atoms with van der Waals surface area (Å²) in [6, 6.07) is 7.90. The van der Waals surface area contributed by atoms with Gasteiger partial charge in [-0.05, 0) is 73.2 Å². The molecule has 0 radical (unpaired) electrons. The van der Waals surface area contributed by atoms with Crippen molar-refractivity contribution in [3.05, 3.63) is 29.8 Å². The average molecular weight is 555 g/mol. The van der Waals surface area contributed by atoms with E-state index in [1.165, 1.54) is 7.11 Å². The second-order valence-corrected chi connectivity index (χ2v) is 22.9. The number of esters is 1. The van der Waals surface area contributed by atoms with E-state index >= 15 is 0 Å². The number of carbonyl (C=O) groups is 1. The van der Waals surface area contributed by atoms with E-state index in [0.717, 1.165) is 17.7 Å². The van der Waals surface area contributed by atoms with Gasteiger partial charge in [0.2, 0.25) is 0 Å². The summed E-state index contributed by atoms with van der Waals surface area (Å²) < 4.78 is 30.4. The first-order chi connectivity index (χ1) is 16.8. The second-order valence-electron chi connectivity index (χ2n) is 13.3. The molecule has 6 nitrogen and oxygen atoms in total. The van der Waals surface area contributed by atoms with E-state index < -0.39 is 28.8 Å². The number of methoxy groups -OCH3 is 2. The Balaban J connectivity index is 3.21. The minimum Gasteiger partial charge on any atom is -0.497 e. The van der Waals surface area contributed by atoms with Gasteiger partial charge in [0.15, 0.2) is 22.7 Å². The van der Waals surface area contributed by atoms with Gasteiger partial charge in [0, 0.05) is 0 Å². The van der Waals surface area contributed by atoms with Crippen LogP contribution in [-0.4, -0.2) is 55.1 Å². The molecule has 0 fully saturated rings. The highest BCUT2D eigenvalue weighted by Gasteiger charge is 2.48. The van der Waals surface area contributed by atoms with Gasteiger partial charge >= 0.3 is 5.97 Å². The smallest absolute Gasteiger partial charge is 0.336 e. The Hall–Kier alpha value is -1.20. The van der Waals surface area contributed by atoms with Crippen LogP contribution >= 0.6 is 0 Å². The van der Waals surface area contributed by atoms with E-state index in [1.54, 1.807) is 7.11 Å². The fourth-order valence-electron chi connectivity index (χ4n) is 3.54. The van der Waals surface area contributed by atoms with Gasteiger partial charge in [-0.25, -0.2) is 4.79 Å². The molecule has 0 saturated heterocycles. The van der Waals surface area contributed by atoms with Crippen molar-refractivity contribution in [2.75, 3.05) is 14.2 Å². The van der Waals surface area contributed by atoms with Crippen LogP contribution in [0.4, 0.5) is 0 Å². The van der Waals surface area contributed by atoms with Gasteiger partial charge in [0.25, 0.3) is 0 Å². The maximum atomic E-state index is 13.2. The first-order valence-corrected chi connectivity index (χ1v) is 19.3. The van der Waals surface area contributed by atoms with Crippen LogP contribution in [0, 0.1) is 5.92 Å². The van der Waals surface area contributed by atoms with E-state index in [0.29, 0.717) is 6.61 Å². The molecule has 37 heavy (non-hydrogen) atoms. The minimum atomic E-state index is -2.29. The Morgan fingerprint density at radius 2 is 1.32 bits per heavy atom. The monoisotopic (exact) mass is 554 g/mol. The Morgan fingerprint density at radius 1 is 0.838 bits per heavy atom. The number of rotatable bonds is 13. The quantitative estimate of drug-likeness (QED) is 0.185. The molecule has 1 aromatic carbocycles. The Labute approximate surface area is 229 Å². The third-order valence-corrected chi connectivity index (χ3v) is 17.1. The molecule has 0 aliphatic heterocycles. The zero-order chi connectivity index (χ0) is 28.8. The Morgan fingerprint density at radius 3 is 1.76 bits per heavy atom. The molecule has 0 amide bonds. The summed E-state index contributed by atoms with van der Waals surface area (Å²) >= 11 is 0. The number of carbonyl (C=O) groups excluding carboxylic acids is 1. The zero-order valence-corrected chi connectivity index (χ0v) is 28.0. The van der Waals surface area contributed by atoms with Crippen LogP contribution in [0.15, 0.2) is 24.3 Å². The largest absolute Gasteiger partial charge is 0.497 e. The minimum absolute atomic E-state index is 0.00820. The number of ether oxygens (including phenoxy) is 3. The number of benzene rings is 1. The molecule has 214 valence electrons. The highest BCUT2D eigenvalue weighted by Crippen LogP contribution is 2.42. The maximum absolute atomic E-state index is 13.2. The summed E-state index contributed by atoms with van der Waals surface area (Å²) in [5, 5.41) is -0.0715. The summed E-state index contributed by atoms with van der Waals surface area (Å²) in [6.07, 6.45) is -0.531. The van der Waals surface area contributed by atoms with E-state index in [2.05, 4.69) is 81.6 Å². The second kappa shape index (κ2) is 13.2. The molecule has 0 aromatic heterocycles. The van der Waals surface area contributed by atoms with E-state index in [1.807, 2.05) is 24.3 Å². The Kier molecular flexibility index (Phi) is 12.1. The van der Waals surface area contributed by atoms with Gasteiger partial charge in [0.05, 0.1) is 33.0 Å². The van der Waals surface area contributed by atoms with E-state index in [-0.39, 0.29) is 28.1 Å². The summed E-state index contributed by atoms with van der Waals surface area (Å²) in [6.45, 7) is 26.6. The molecule has 0 spiro atoms. The molecule has 0 aliphatic rings. The highest BCUT2D eigenvalue weighted by molar-refractivity contribution is 6.74. The predicted molar refractivity (Wildman–Crippen MR) is 157 cm³/mol. The van der Waals surface area contributed by atoms with Crippen molar-refractivity contribution >= 4 is 22.6 Å². The summed E-state index contributed by atoms with van der Waals surface area (Å²) in [4.78, 5) is 13.2. The molecule has 1 rings (SSSR count). The maximum Gasteiger partial charge on any atom is 0.336 e. The van der Waals surface area contributed by atoms with Gasteiger partial charge in [-0.2, -0.15) is 0 Å². The molecule has 0 unspecified atom stereocenters. The van der Waals surface area contributed by atoms with Crippen molar-refractivity contribution in [3.63, 3.8) is 0 Å². The third-order valence-electron chi connectivity index (χ3n) is 8.15. The van der Waals surface area contributed by atoms with Crippen LogP contribution in [0.25, 0.3) is 0 Å². The van der Waals surface area contributed by atoms with E-state index in [4.69, 9.17) is 23.1 Å². The average Bonchev–Trinajstić information content (AvgIpc) is 2.78. The van der Waals surface area contributed by atoms with Crippen molar-refractivity contribution in [2.24, 2.45) is 5.92 Å². The lowest BCUT2D eigenvalue weighted by molar-refractivity contribution is -0.157. The highest BCUT2D eigenvalue weighted by atomic mass is 28.4. The van der Waals surface area contributed by atoms with Gasteiger partial charge < -0.3 is 23.1 Å².